The minimum Gasteiger partial charge on any atom is -0.356 e. The summed E-state index contributed by atoms with van der Waals surface area (Å²) < 4.78 is 13.3. The number of halogens is 1. The molecule has 0 saturated heterocycles. The van der Waals surface area contributed by atoms with Crippen molar-refractivity contribution in [2.45, 2.75) is 38.6 Å². The molecular weight excluding hydrogens is 303 g/mol. The molecule has 0 unspecified atom stereocenters. The number of rotatable bonds is 10. The first-order valence-electron chi connectivity index (χ1n) is 8.84. The zero-order chi connectivity index (χ0) is 17.8. The molecule has 0 amide bonds. The van der Waals surface area contributed by atoms with Gasteiger partial charge in [0.25, 0.3) is 0 Å². The molecule has 1 aromatic carbocycles. The Morgan fingerprint density at radius 3 is 2.46 bits per heavy atom. The van der Waals surface area contributed by atoms with E-state index < -0.39 is 0 Å². The second-order valence-electron chi connectivity index (χ2n) is 6.53. The summed E-state index contributed by atoms with van der Waals surface area (Å²) in [6.07, 6.45) is 6.25. The number of guanidine groups is 1. The van der Waals surface area contributed by atoms with E-state index >= 15 is 0 Å². The molecule has 24 heavy (non-hydrogen) atoms. The summed E-state index contributed by atoms with van der Waals surface area (Å²) >= 11 is 0. The molecule has 0 fully saturated rings. The van der Waals surface area contributed by atoms with Crippen molar-refractivity contribution in [3.05, 3.63) is 35.6 Å². The highest BCUT2D eigenvalue weighted by molar-refractivity contribution is 5.79. The third-order valence-electron chi connectivity index (χ3n) is 3.95. The summed E-state index contributed by atoms with van der Waals surface area (Å²) in [5, 5.41) is 3.39. The third-order valence-corrected chi connectivity index (χ3v) is 3.95. The number of hydrogen-bond acceptors (Lipinski definition) is 2. The van der Waals surface area contributed by atoms with Gasteiger partial charge in [0, 0.05) is 27.2 Å². The van der Waals surface area contributed by atoms with Gasteiger partial charge >= 0.3 is 0 Å². The molecule has 0 aliphatic heterocycles. The highest BCUT2D eigenvalue weighted by Crippen LogP contribution is 2.07. The van der Waals surface area contributed by atoms with E-state index in [0.29, 0.717) is 6.54 Å². The minimum absolute atomic E-state index is 0.196. The lowest BCUT2D eigenvalue weighted by molar-refractivity contribution is 0.389. The van der Waals surface area contributed by atoms with E-state index in [0.717, 1.165) is 24.5 Å². The maximum absolute atomic E-state index is 13.3. The first-order chi connectivity index (χ1) is 11.5. The standard InChI is InChI=1S/C19H33FN4/c1-21-19(22-13-8-6-5-7-9-14-23(2)3)24(4)16-17-11-10-12-18(20)15-17/h10-12,15H,5-9,13-14,16H2,1-4H3,(H,21,22). The Balaban J connectivity index is 2.20. The molecule has 1 N–H and O–H groups in total. The molecular formula is C19H33FN4. The normalized spacial score (nSPS) is 11.8. The van der Waals surface area contributed by atoms with Gasteiger partial charge in [0.2, 0.25) is 0 Å². The van der Waals surface area contributed by atoms with E-state index in [4.69, 9.17) is 0 Å². The number of nitrogens with zero attached hydrogens (tertiary/aromatic N) is 3. The van der Waals surface area contributed by atoms with Gasteiger partial charge in [0.15, 0.2) is 5.96 Å². The molecule has 136 valence electrons. The number of unbranched alkanes of at least 4 members (excludes halogenated alkanes) is 4. The fraction of sp³-hybridized carbons (Fsp3) is 0.632. The van der Waals surface area contributed by atoms with Crippen molar-refractivity contribution in [3.8, 4) is 0 Å². The van der Waals surface area contributed by atoms with E-state index in [9.17, 15) is 4.39 Å². The number of hydrogen-bond donors (Lipinski definition) is 1. The Morgan fingerprint density at radius 1 is 1.08 bits per heavy atom. The van der Waals surface area contributed by atoms with Crippen molar-refractivity contribution < 1.29 is 4.39 Å². The molecule has 0 aliphatic carbocycles. The second kappa shape index (κ2) is 11.8. The maximum Gasteiger partial charge on any atom is 0.193 e. The predicted octanol–water partition coefficient (Wildman–Crippen LogP) is 3.35. The van der Waals surface area contributed by atoms with Gasteiger partial charge in [-0.05, 0) is 51.2 Å². The van der Waals surface area contributed by atoms with Crippen LogP contribution in [0.1, 0.15) is 37.7 Å². The molecule has 1 aromatic rings. The molecule has 0 bridgehead atoms. The van der Waals surface area contributed by atoms with Crippen LogP contribution in [0.25, 0.3) is 0 Å². The smallest absolute Gasteiger partial charge is 0.193 e. The summed E-state index contributed by atoms with van der Waals surface area (Å²) in [5.41, 5.74) is 0.946. The summed E-state index contributed by atoms with van der Waals surface area (Å²) in [7, 11) is 8.00. The van der Waals surface area contributed by atoms with Crippen LogP contribution in [0.15, 0.2) is 29.3 Å². The average molecular weight is 336 g/mol. The summed E-state index contributed by atoms with van der Waals surface area (Å²) in [4.78, 5) is 8.56. The van der Waals surface area contributed by atoms with Crippen molar-refractivity contribution >= 4 is 5.96 Å². The van der Waals surface area contributed by atoms with Gasteiger partial charge in [-0.15, -0.1) is 0 Å². The molecule has 0 saturated carbocycles. The van der Waals surface area contributed by atoms with Crippen LogP contribution in [-0.4, -0.2) is 57.0 Å². The molecule has 0 radical (unpaired) electrons. The zero-order valence-electron chi connectivity index (χ0n) is 15.7. The highest BCUT2D eigenvalue weighted by atomic mass is 19.1. The highest BCUT2D eigenvalue weighted by Gasteiger charge is 2.06. The Morgan fingerprint density at radius 2 is 1.79 bits per heavy atom. The van der Waals surface area contributed by atoms with E-state index in [2.05, 4.69) is 29.3 Å². The van der Waals surface area contributed by atoms with E-state index in [1.807, 2.05) is 18.0 Å². The maximum atomic E-state index is 13.3. The summed E-state index contributed by atoms with van der Waals surface area (Å²) in [6, 6.07) is 6.71. The largest absolute Gasteiger partial charge is 0.356 e. The Kier molecular flexibility index (Phi) is 10.1. The van der Waals surface area contributed by atoms with E-state index in [1.54, 1.807) is 19.2 Å². The lowest BCUT2D eigenvalue weighted by atomic mass is 10.1. The molecule has 1 rings (SSSR count). The first-order valence-corrected chi connectivity index (χ1v) is 8.84. The van der Waals surface area contributed by atoms with Crippen molar-refractivity contribution in [3.63, 3.8) is 0 Å². The van der Waals surface area contributed by atoms with Crippen LogP contribution < -0.4 is 5.32 Å². The fourth-order valence-electron chi connectivity index (χ4n) is 2.65. The number of benzene rings is 1. The van der Waals surface area contributed by atoms with Gasteiger partial charge in [-0.2, -0.15) is 0 Å². The van der Waals surface area contributed by atoms with Crippen LogP contribution in [0.2, 0.25) is 0 Å². The van der Waals surface area contributed by atoms with Crippen molar-refractivity contribution in [2.24, 2.45) is 4.99 Å². The number of nitrogens with one attached hydrogen (secondary N) is 1. The molecule has 0 aliphatic rings. The van der Waals surface area contributed by atoms with Crippen LogP contribution in [-0.2, 0) is 6.54 Å². The molecule has 5 heteroatoms. The molecule has 0 aromatic heterocycles. The van der Waals surface area contributed by atoms with Gasteiger partial charge in [-0.1, -0.05) is 31.4 Å². The van der Waals surface area contributed by atoms with Crippen LogP contribution in [0.5, 0.6) is 0 Å². The van der Waals surface area contributed by atoms with Gasteiger partial charge < -0.3 is 15.1 Å². The van der Waals surface area contributed by atoms with Crippen LogP contribution >= 0.6 is 0 Å². The molecule has 0 atom stereocenters. The van der Waals surface area contributed by atoms with Gasteiger partial charge in [-0.3, -0.25) is 4.99 Å². The SMILES string of the molecule is CN=C(NCCCCCCCN(C)C)N(C)Cc1cccc(F)c1. The van der Waals surface area contributed by atoms with Crippen LogP contribution in [0.3, 0.4) is 0 Å². The van der Waals surface area contributed by atoms with Crippen molar-refractivity contribution in [2.75, 3.05) is 41.3 Å². The Bertz CT molecular complexity index is 488. The lowest BCUT2D eigenvalue weighted by Crippen LogP contribution is -2.38. The fourth-order valence-corrected chi connectivity index (χ4v) is 2.65. The topological polar surface area (TPSA) is 30.9 Å². The average Bonchev–Trinajstić information content (AvgIpc) is 2.53. The van der Waals surface area contributed by atoms with E-state index in [1.165, 1.54) is 38.3 Å². The first kappa shape index (κ1) is 20.4. The quantitative estimate of drug-likeness (QED) is 0.404. The second-order valence-corrected chi connectivity index (χ2v) is 6.53. The third kappa shape index (κ3) is 8.87. The predicted molar refractivity (Wildman–Crippen MR) is 101 cm³/mol. The molecule has 4 nitrogen and oxygen atoms in total. The Hall–Kier alpha value is -1.62. The molecule has 0 heterocycles. The van der Waals surface area contributed by atoms with Gasteiger partial charge in [0.05, 0.1) is 0 Å². The van der Waals surface area contributed by atoms with Gasteiger partial charge in [0.1, 0.15) is 5.82 Å². The van der Waals surface area contributed by atoms with Crippen LogP contribution in [0.4, 0.5) is 4.39 Å². The van der Waals surface area contributed by atoms with Crippen molar-refractivity contribution in [1.29, 1.82) is 0 Å². The minimum atomic E-state index is -0.196. The molecule has 0 spiro atoms. The summed E-state index contributed by atoms with van der Waals surface area (Å²) in [5.74, 6) is 0.657. The lowest BCUT2D eigenvalue weighted by Gasteiger charge is -2.22. The monoisotopic (exact) mass is 336 g/mol. The zero-order valence-corrected chi connectivity index (χ0v) is 15.7. The van der Waals surface area contributed by atoms with Crippen LogP contribution in [0, 0.1) is 5.82 Å². The van der Waals surface area contributed by atoms with Gasteiger partial charge in [-0.25, -0.2) is 4.39 Å². The number of aliphatic imine (C=N–C) groups is 1. The Labute approximate surface area is 146 Å². The van der Waals surface area contributed by atoms with Crippen molar-refractivity contribution in [1.82, 2.24) is 15.1 Å². The van der Waals surface area contributed by atoms with E-state index in [-0.39, 0.29) is 5.82 Å². The summed E-state index contributed by atoms with van der Waals surface area (Å²) in [6.45, 7) is 2.74.